The van der Waals surface area contributed by atoms with Crippen LogP contribution < -0.4 is 5.32 Å². The maximum Gasteiger partial charge on any atom is 0.317 e. The maximum absolute atomic E-state index is 13.1. The lowest BCUT2D eigenvalue weighted by atomic mass is 10.1. The Bertz CT molecular complexity index is 457. The SMILES string of the molecule is C[C@@H](Cc1ccc(F)c(Br)c1)NC(=O)N(C)CCCO. The average Bonchev–Trinajstić information content (AvgIpc) is 2.40. The summed E-state index contributed by atoms with van der Waals surface area (Å²) in [6, 6.07) is 4.59. The first-order chi connectivity index (χ1) is 9.43. The minimum absolute atomic E-state index is 0.0589. The minimum atomic E-state index is -0.297. The van der Waals surface area contributed by atoms with Crippen molar-refractivity contribution in [1.29, 1.82) is 0 Å². The van der Waals surface area contributed by atoms with E-state index in [9.17, 15) is 9.18 Å². The molecule has 1 aromatic carbocycles. The molecule has 2 amide bonds. The van der Waals surface area contributed by atoms with E-state index in [2.05, 4.69) is 21.2 Å². The van der Waals surface area contributed by atoms with Gasteiger partial charge >= 0.3 is 6.03 Å². The number of nitrogens with one attached hydrogen (secondary N) is 1. The number of halogens is 2. The second-order valence-electron chi connectivity index (χ2n) is 4.80. The molecule has 0 unspecified atom stereocenters. The van der Waals surface area contributed by atoms with E-state index in [0.29, 0.717) is 23.9 Å². The first-order valence-electron chi connectivity index (χ1n) is 6.50. The van der Waals surface area contributed by atoms with Gasteiger partial charge in [0.1, 0.15) is 5.82 Å². The van der Waals surface area contributed by atoms with E-state index in [4.69, 9.17) is 5.11 Å². The Morgan fingerprint density at radius 3 is 2.85 bits per heavy atom. The number of aliphatic hydroxyl groups is 1. The van der Waals surface area contributed by atoms with E-state index >= 15 is 0 Å². The number of amides is 2. The second kappa shape index (κ2) is 8.21. The summed E-state index contributed by atoms with van der Waals surface area (Å²) < 4.78 is 13.6. The largest absolute Gasteiger partial charge is 0.396 e. The molecule has 6 heteroatoms. The maximum atomic E-state index is 13.1. The zero-order valence-electron chi connectivity index (χ0n) is 11.7. The molecule has 1 atom stereocenters. The van der Waals surface area contributed by atoms with Crippen LogP contribution in [0.4, 0.5) is 9.18 Å². The second-order valence-corrected chi connectivity index (χ2v) is 5.66. The number of urea groups is 1. The highest BCUT2D eigenvalue weighted by molar-refractivity contribution is 9.10. The molecule has 2 N–H and O–H groups in total. The average molecular weight is 347 g/mol. The van der Waals surface area contributed by atoms with Gasteiger partial charge in [0.05, 0.1) is 4.47 Å². The molecular formula is C14H20BrFN2O2. The summed E-state index contributed by atoms with van der Waals surface area (Å²) in [6.45, 7) is 2.48. The topological polar surface area (TPSA) is 52.6 Å². The van der Waals surface area contributed by atoms with Crippen molar-refractivity contribution in [3.63, 3.8) is 0 Å². The number of carbonyl (C=O) groups excluding carboxylic acids is 1. The van der Waals surface area contributed by atoms with Gasteiger partial charge in [0.25, 0.3) is 0 Å². The van der Waals surface area contributed by atoms with Crippen LogP contribution in [0.15, 0.2) is 22.7 Å². The lowest BCUT2D eigenvalue weighted by molar-refractivity contribution is 0.198. The van der Waals surface area contributed by atoms with Crippen molar-refractivity contribution >= 4 is 22.0 Å². The molecule has 0 spiro atoms. The van der Waals surface area contributed by atoms with Gasteiger partial charge in [0, 0.05) is 26.2 Å². The number of hydrogen-bond donors (Lipinski definition) is 2. The fourth-order valence-corrected chi connectivity index (χ4v) is 2.23. The smallest absolute Gasteiger partial charge is 0.317 e. The third-order valence-corrected chi connectivity index (χ3v) is 3.50. The van der Waals surface area contributed by atoms with Crippen LogP contribution in [0.25, 0.3) is 0 Å². The fraction of sp³-hybridized carbons (Fsp3) is 0.500. The van der Waals surface area contributed by atoms with Gasteiger partial charge < -0.3 is 15.3 Å². The van der Waals surface area contributed by atoms with Gasteiger partial charge in [0.2, 0.25) is 0 Å². The lowest BCUT2D eigenvalue weighted by Gasteiger charge is -2.21. The summed E-state index contributed by atoms with van der Waals surface area (Å²) >= 11 is 3.14. The van der Waals surface area contributed by atoms with Crippen molar-refractivity contribution in [3.05, 3.63) is 34.1 Å². The molecule has 0 aromatic heterocycles. The third kappa shape index (κ3) is 5.46. The Kier molecular flexibility index (Phi) is 6.95. The van der Waals surface area contributed by atoms with E-state index in [-0.39, 0.29) is 24.5 Å². The van der Waals surface area contributed by atoms with Crippen molar-refractivity contribution in [2.24, 2.45) is 0 Å². The molecule has 0 aliphatic carbocycles. The summed E-state index contributed by atoms with van der Waals surface area (Å²) in [7, 11) is 1.69. The highest BCUT2D eigenvalue weighted by atomic mass is 79.9. The summed E-state index contributed by atoms with van der Waals surface area (Å²) in [5.41, 5.74) is 0.948. The van der Waals surface area contributed by atoms with Crippen molar-refractivity contribution in [1.82, 2.24) is 10.2 Å². The van der Waals surface area contributed by atoms with Gasteiger partial charge in [-0.05, 0) is 53.4 Å². The van der Waals surface area contributed by atoms with E-state index in [1.165, 1.54) is 11.0 Å². The van der Waals surface area contributed by atoms with Gasteiger partial charge in [0.15, 0.2) is 0 Å². The highest BCUT2D eigenvalue weighted by Gasteiger charge is 2.12. The molecule has 0 aliphatic heterocycles. The van der Waals surface area contributed by atoms with Crippen LogP contribution in [0.5, 0.6) is 0 Å². The molecule has 0 bridgehead atoms. The van der Waals surface area contributed by atoms with Crippen LogP contribution in [0, 0.1) is 5.82 Å². The molecule has 0 radical (unpaired) electrons. The first-order valence-corrected chi connectivity index (χ1v) is 7.29. The standard InChI is InChI=1S/C14H20BrFN2O2/c1-10(17-14(20)18(2)6-3-7-19)8-11-4-5-13(16)12(15)9-11/h4-5,9-10,19H,3,6-8H2,1-2H3,(H,17,20)/t10-/m0/s1. The molecule has 0 fully saturated rings. The van der Waals surface area contributed by atoms with Crippen LogP contribution in [0.1, 0.15) is 18.9 Å². The van der Waals surface area contributed by atoms with Crippen LogP contribution >= 0.6 is 15.9 Å². The predicted octanol–water partition coefficient (Wildman–Crippen LogP) is 2.54. The molecule has 0 aliphatic rings. The van der Waals surface area contributed by atoms with Crippen LogP contribution in [0.2, 0.25) is 0 Å². The van der Waals surface area contributed by atoms with Gasteiger partial charge in [-0.3, -0.25) is 0 Å². The predicted molar refractivity (Wildman–Crippen MR) is 80.1 cm³/mol. The molecule has 4 nitrogen and oxygen atoms in total. The van der Waals surface area contributed by atoms with Crippen LogP contribution in [0.3, 0.4) is 0 Å². The molecular weight excluding hydrogens is 327 g/mol. The molecule has 1 aromatic rings. The third-order valence-electron chi connectivity index (χ3n) is 2.89. The fourth-order valence-electron chi connectivity index (χ4n) is 1.80. The van der Waals surface area contributed by atoms with E-state index in [1.807, 2.05) is 6.92 Å². The Labute approximate surface area is 127 Å². The zero-order valence-corrected chi connectivity index (χ0v) is 13.3. The number of nitrogens with zero attached hydrogens (tertiary/aromatic N) is 1. The van der Waals surface area contributed by atoms with Crippen molar-refractivity contribution in [2.45, 2.75) is 25.8 Å². The number of benzene rings is 1. The van der Waals surface area contributed by atoms with Crippen molar-refractivity contribution < 1.29 is 14.3 Å². The summed E-state index contributed by atoms with van der Waals surface area (Å²) in [4.78, 5) is 13.4. The zero-order chi connectivity index (χ0) is 15.1. The van der Waals surface area contributed by atoms with Gasteiger partial charge in [-0.1, -0.05) is 6.07 Å². The number of hydrogen-bond acceptors (Lipinski definition) is 2. The summed E-state index contributed by atoms with van der Waals surface area (Å²) in [5, 5.41) is 11.6. The Morgan fingerprint density at radius 1 is 1.55 bits per heavy atom. The molecule has 112 valence electrons. The Balaban J connectivity index is 2.48. The van der Waals surface area contributed by atoms with Gasteiger partial charge in [-0.2, -0.15) is 0 Å². The quantitative estimate of drug-likeness (QED) is 0.831. The molecule has 0 saturated carbocycles. The first kappa shape index (κ1) is 16.9. The number of rotatable bonds is 6. The van der Waals surface area contributed by atoms with Crippen molar-refractivity contribution in [3.8, 4) is 0 Å². The van der Waals surface area contributed by atoms with Crippen molar-refractivity contribution in [2.75, 3.05) is 20.2 Å². The number of aliphatic hydroxyl groups excluding tert-OH is 1. The van der Waals surface area contributed by atoms with Gasteiger partial charge in [-0.25, -0.2) is 9.18 Å². The molecule has 20 heavy (non-hydrogen) atoms. The van der Waals surface area contributed by atoms with Crippen LogP contribution in [-0.4, -0.2) is 42.3 Å². The summed E-state index contributed by atoms with van der Waals surface area (Å²) in [6.07, 6.45) is 1.18. The molecule has 0 saturated heterocycles. The number of carbonyl (C=O) groups is 1. The summed E-state index contributed by atoms with van der Waals surface area (Å²) in [5.74, 6) is -0.297. The normalized spacial score (nSPS) is 12.1. The highest BCUT2D eigenvalue weighted by Crippen LogP contribution is 2.17. The minimum Gasteiger partial charge on any atom is -0.396 e. The van der Waals surface area contributed by atoms with Gasteiger partial charge in [-0.15, -0.1) is 0 Å². The van der Waals surface area contributed by atoms with Crippen LogP contribution in [-0.2, 0) is 6.42 Å². The molecule has 0 heterocycles. The molecule has 1 rings (SSSR count). The monoisotopic (exact) mass is 346 g/mol. The Morgan fingerprint density at radius 2 is 2.25 bits per heavy atom. The van der Waals surface area contributed by atoms with E-state index in [1.54, 1.807) is 19.2 Å². The lowest BCUT2D eigenvalue weighted by Crippen LogP contribution is -2.43. The Hall–Kier alpha value is -1.14. The van der Waals surface area contributed by atoms with E-state index < -0.39 is 0 Å². The van der Waals surface area contributed by atoms with E-state index in [0.717, 1.165) is 5.56 Å².